The van der Waals surface area contributed by atoms with Crippen LogP contribution < -0.4 is 10.5 Å². The molecule has 6 nitrogen and oxygen atoms in total. The molecule has 0 saturated heterocycles. The fraction of sp³-hybridized carbons (Fsp3) is 0.154. The summed E-state index contributed by atoms with van der Waals surface area (Å²) in [5, 5.41) is 11.1. The van der Waals surface area contributed by atoms with Crippen LogP contribution in [0, 0.1) is 10.1 Å². The Morgan fingerprint density at radius 3 is 2.74 bits per heavy atom. The van der Waals surface area contributed by atoms with Crippen molar-refractivity contribution < 1.29 is 9.66 Å². The molecule has 0 amide bonds. The molecule has 98 valence electrons. The summed E-state index contributed by atoms with van der Waals surface area (Å²) >= 11 is 0. The molecule has 1 aromatic carbocycles. The number of nitro groups is 1. The average Bonchev–Trinajstić information content (AvgIpc) is 2.41. The van der Waals surface area contributed by atoms with Gasteiger partial charge in [0.2, 0.25) is 0 Å². The number of rotatable bonds is 4. The van der Waals surface area contributed by atoms with Crippen molar-refractivity contribution in [1.29, 1.82) is 0 Å². The fourth-order valence-electron chi connectivity index (χ4n) is 1.80. The van der Waals surface area contributed by atoms with Gasteiger partial charge in [0.25, 0.3) is 5.69 Å². The number of aromatic nitrogens is 1. The van der Waals surface area contributed by atoms with E-state index in [9.17, 15) is 10.1 Å². The van der Waals surface area contributed by atoms with Gasteiger partial charge < -0.3 is 10.5 Å². The molecule has 0 aliphatic rings. The van der Waals surface area contributed by atoms with Crippen LogP contribution in [0.15, 0.2) is 36.5 Å². The van der Waals surface area contributed by atoms with E-state index in [4.69, 9.17) is 10.5 Å². The Morgan fingerprint density at radius 1 is 1.37 bits per heavy atom. The minimum Gasteiger partial charge on any atom is -0.492 e. The summed E-state index contributed by atoms with van der Waals surface area (Å²) in [6.45, 7) is 2.25. The molecular formula is C13H13N3O3. The molecule has 1 aromatic heterocycles. The number of benzene rings is 1. The van der Waals surface area contributed by atoms with Crippen LogP contribution in [0.25, 0.3) is 11.3 Å². The predicted molar refractivity (Wildman–Crippen MR) is 71.9 cm³/mol. The number of nitrogens with two attached hydrogens (primary N) is 1. The van der Waals surface area contributed by atoms with Gasteiger partial charge in [0.15, 0.2) is 0 Å². The van der Waals surface area contributed by atoms with Crippen LogP contribution >= 0.6 is 0 Å². The second-order valence-corrected chi connectivity index (χ2v) is 3.78. The lowest BCUT2D eigenvalue weighted by atomic mass is 10.1. The molecule has 0 saturated carbocycles. The first-order valence-electron chi connectivity index (χ1n) is 5.76. The Hall–Kier alpha value is -2.63. The highest BCUT2D eigenvalue weighted by molar-refractivity contribution is 5.86. The number of ether oxygens (including phenoxy) is 1. The van der Waals surface area contributed by atoms with Gasteiger partial charge in [0.1, 0.15) is 11.3 Å². The van der Waals surface area contributed by atoms with Crippen molar-refractivity contribution in [3.63, 3.8) is 0 Å². The normalized spacial score (nSPS) is 10.2. The number of hydrogen-bond acceptors (Lipinski definition) is 5. The first-order valence-corrected chi connectivity index (χ1v) is 5.76. The van der Waals surface area contributed by atoms with E-state index in [1.54, 1.807) is 24.4 Å². The highest BCUT2D eigenvalue weighted by atomic mass is 16.6. The zero-order valence-corrected chi connectivity index (χ0v) is 10.4. The lowest BCUT2D eigenvalue weighted by Gasteiger charge is -2.11. The second kappa shape index (κ2) is 5.34. The van der Waals surface area contributed by atoms with Crippen LogP contribution in [0.4, 0.5) is 11.4 Å². The quantitative estimate of drug-likeness (QED) is 0.517. The van der Waals surface area contributed by atoms with Crippen molar-refractivity contribution >= 4 is 11.4 Å². The van der Waals surface area contributed by atoms with Crippen molar-refractivity contribution in [3.05, 3.63) is 46.6 Å². The van der Waals surface area contributed by atoms with Crippen LogP contribution in [-0.2, 0) is 0 Å². The third kappa shape index (κ3) is 2.47. The molecular weight excluding hydrogens is 246 g/mol. The molecule has 0 atom stereocenters. The van der Waals surface area contributed by atoms with E-state index in [1.807, 2.05) is 6.92 Å². The molecule has 0 aliphatic heterocycles. The van der Waals surface area contributed by atoms with Crippen molar-refractivity contribution in [2.45, 2.75) is 6.92 Å². The second-order valence-electron chi connectivity index (χ2n) is 3.78. The summed E-state index contributed by atoms with van der Waals surface area (Å²) in [4.78, 5) is 14.7. The maximum atomic E-state index is 11.1. The zero-order valence-electron chi connectivity index (χ0n) is 10.4. The van der Waals surface area contributed by atoms with Crippen LogP contribution in [0.1, 0.15) is 6.92 Å². The molecule has 6 heteroatoms. The number of anilines is 1. The summed E-state index contributed by atoms with van der Waals surface area (Å²) < 4.78 is 5.36. The largest absolute Gasteiger partial charge is 0.492 e. The molecule has 0 radical (unpaired) electrons. The molecule has 0 fully saturated rings. The molecule has 0 unspecified atom stereocenters. The third-order valence-electron chi connectivity index (χ3n) is 2.60. The minimum atomic E-state index is -0.476. The summed E-state index contributed by atoms with van der Waals surface area (Å²) in [6.07, 6.45) is 1.56. The van der Waals surface area contributed by atoms with Gasteiger partial charge in [-0.25, -0.2) is 0 Å². The predicted octanol–water partition coefficient (Wildman–Crippen LogP) is 2.64. The van der Waals surface area contributed by atoms with Gasteiger partial charge in [0, 0.05) is 12.3 Å². The highest BCUT2D eigenvalue weighted by Gasteiger charge is 2.22. The fourth-order valence-corrected chi connectivity index (χ4v) is 1.80. The zero-order chi connectivity index (χ0) is 13.8. The monoisotopic (exact) mass is 259 g/mol. The highest BCUT2D eigenvalue weighted by Crippen LogP contribution is 2.39. The minimum absolute atomic E-state index is 0.0837. The Bertz CT molecular complexity index is 600. The Labute approximate surface area is 110 Å². The van der Waals surface area contributed by atoms with Crippen LogP contribution in [0.3, 0.4) is 0 Å². The maximum absolute atomic E-state index is 11.1. The van der Waals surface area contributed by atoms with E-state index in [0.29, 0.717) is 18.1 Å². The summed E-state index contributed by atoms with van der Waals surface area (Å²) in [5.74, 6) is 0.425. The van der Waals surface area contributed by atoms with Crippen LogP contribution in [-0.4, -0.2) is 16.5 Å². The molecule has 2 aromatic rings. The van der Waals surface area contributed by atoms with Crippen LogP contribution in [0.2, 0.25) is 0 Å². The molecule has 1 heterocycles. The van der Waals surface area contributed by atoms with E-state index in [0.717, 1.165) is 0 Å². The first kappa shape index (κ1) is 12.8. The smallest absolute Gasteiger partial charge is 0.281 e. The maximum Gasteiger partial charge on any atom is 0.281 e. The Morgan fingerprint density at radius 2 is 2.16 bits per heavy atom. The molecule has 2 N–H and O–H groups in total. The number of pyridine rings is 1. The topological polar surface area (TPSA) is 91.3 Å². The molecule has 19 heavy (non-hydrogen) atoms. The Kier molecular flexibility index (Phi) is 3.61. The van der Waals surface area contributed by atoms with Gasteiger partial charge in [-0.15, -0.1) is 0 Å². The summed E-state index contributed by atoms with van der Waals surface area (Å²) in [7, 11) is 0. The summed E-state index contributed by atoms with van der Waals surface area (Å²) in [6, 6.07) is 8.04. The van der Waals surface area contributed by atoms with Crippen molar-refractivity contribution in [1.82, 2.24) is 4.98 Å². The lowest BCUT2D eigenvalue weighted by Crippen LogP contribution is -2.02. The molecule has 0 bridgehead atoms. The van der Waals surface area contributed by atoms with Gasteiger partial charge >= 0.3 is 0 Å². The van der Waals surface area contributed by atoms with E-state index >= 15 is 0 Å². The number of nitrogens with zero attached hydrogens (tertiary/aromatic N) is 2. The van der Waals surface area contributed by atoms with Gasteiger partial charge in [0.05, 0.1) is 22.9 Å². The third-order valence-corrected chi connectivity index (χ3v) is 2.60. The van der Waals surface area contributed by atoms with Gasteiger partial charge in [-0.2, -0.15) is 0 Å². The average molecular weight is 259 g/mol. The lowest BCUT2D eigenvalue weighted by molar-refractivity contribution is -0.384. The van der Waals surface area contributed by atoms with E-state index < -0.39 is 4.92 Å². The molecule has 2 rings (SSSR count). The summed E-state index contributed by atoms with van der Waals surface area (Å²) in [5.41, 5.74) is 6.86. The van der Waals surface area contributed by atoms with E-state index in [-0.39, 0.29) is 16.9 Å². The number of nitrogen functional groups attached to an aromatic ring is 1. The van der Waals surface area contributed by atoms with Gasteiger partial charge in [-0.05, 0) is 25.1 Å². The van der Waals surface area contributed by atoms with Gasteiger partial charge in [-0.3, -0.25) is 15.1 Å². The van der Waals surface area contributed by atoms with Crippen molar-refractivity contribution in [2.24, 2.45) is 0 Å². The van der Waals surface area contributed by atoms with Crippen molar-refractivity contribution in [2.75, 3.05) is 12.3 Å². The molecule has 0 spiro atoms. The number of nitro benzene ring substituents is 1. The standard InChI is InChI=1S/C13H13N3O3/c1-2-19-11-7-6-10(16(17)18)12(13(11)14)9-5-3-4-8-15-9/h3-8H,2,14H2,1H3. The van der Waals surface area contributed by atoms with E-state index in [2.05, 4.69) is 4.98 Å². The Balaban J connectivity index is 2.67. The first-order chi connectivity index (χ1) is 9.15. The molecule has 0 aliphatic carbocycles. The SMILES string of the molecule is CCOc1ccc([N+](=O)[O-])c(-c2ccccn2)c1N. The van der Waals surface area contributed by atoms with E-state index in [1.165, 1.54) is 12.1 Å². The number of hydrogen-bond donors (Lipinski definition) is 1. The van der Waals surface area contributed by atoms with Crippen molar-refractivity contribution in [3.8, 4) is 17.0 Å². The van der Waals surface area contributed by atoms with Gasteiger partial charge in [-0.1, -0.05) is 6.07 Å². The van der Waals surface area contributed by atoms with Crippen LogP contribution in [0.5, 0.6) is 5.75 Å².